The van der Waals surface area contributed by atoms with E-state index in [0.717, 1.165) is 37.3 Å². The molecule has 2 amide bonds. The van der Waals surface area contributed by atoms with Crippen LogP contribution in [0.15, 0.2) is 89.9 Å². The maximum Gasteiger partial charge on any atom is 0.414 e. The Morgan fingerprint density at radius 2 is 1.45 bits per heavy atom. The molecule has 0 spiro atoms. The molecule has 0 radical (unpaired) electrons. The minimum Gasteiger partial charge on any atom is -0.481 e. The van der Waals surface area contributed by atoms with Gasteiger partial charge in [-0.05, 0) is 35.4 Å². The second-order valence-electron chi connectivity index (χ2n) is 10.5. The summed E-state index contributed by atoms with van der Waals surface area (Å²) in [6, 6.07) is 26.0. The van der Waals surface area contributed by atoms with Crippen molar-refractivity contribution in [3.8, 4) is 0 Å². The molecule has 1 unspecified atom stereocenters. The van der Waals surface area contributed by atoms with Crippen LogP contribution in [0.1, 0.15) is 29.0 Å². The zero-order chi connectivity index (χ0) is 29.5. The first-order valence-electron chi connectivity index (χ1n) is 14.1. The molecule has 2 fully saturated rings. The van der Waals surface area contributed by atoms with Crippen LogP contribution in [0.25, 0.3) is 0 Å². The minimum absolute atomic E-state index is 0.104. The Hall–Kier alpha value is -4.54. The summed E-state index contributed by atoms with van der Waals surface area (Å²) in [4.78, 5) is 47.1. The summed E-state index contributed by atoms with van der Waals surface area (Å²) < 4.78 is 5.64. The number of rotatable bonds is 10. The smallest absolute Gasteiger partial charge is 0.414 e. The van der Waals surface area contributed by atoms with Crippen molar-refractivity contribution in [3.05, 3.63) is 102 Å². The first-order valence-corrected chi connectivity index (χ1v) is 14.1. The fourth-order valence-corrected chi connectivity index (χ4v) is 5.39. The number of piperazine rings is 1. The number of aliphatic imine (C=N–C) groups is 1. The molecular formula is C32H35N5O5. The van der Waals surface area contributed by atoms with E-state index in [1.54, 1.807) is 29.2 Å². The van der Waals surface area contributed by atoms with Crippen LogP contribution in [-0.2, 0) is 14.3 Å². The van der Waals surface area contributed by atoms with Crippen molar-refractivity contribution in [2.24, 2.45) is 10.7 Å². The summed E-state index contributed by atoms with van der Waals surface area (Å²) in [6.07, 6.45) is -0.526. The third-order valence-corrected chi connectivity index (χ3v) is 7.66. The molecule has 1 atom stereocenters. The summed E-state index contributed by atoms with van der Waals surface area (Å²) in [5.41, 5.74) is 9.20. The average molecular weight is 570 g/mol. The average Bonchev–Trinajstić information content (AvgIpc) is 3.37. The molecule has 2 aliphatic heterocycles. The van der Waals surface area contributed by atoms with E-state index in [1.807, 2.05) is 60.7 Å². The lowest BCUT2D eigenvalue weighted by molar-refractivity contribution is -0.137. The number of carbonyl (C=O) groups is 3. The standard InChI is InChI=1S/C32H35N5O5/c33-30(34-31(40)29(23-7-3-1-4-8-23)24-9-5-2-6-10-24)25-11-13-26(14-12-25)37-22-27(42-32(37)41)21-36-19-17-35(18-20-36)16-15-28(38)39/h1-14,27,29H,15-22H2,(H,38,39)(H2,33,34,40). The molecule has 0 aromatic heterocycles. The normalized spacial score (nSPS) is 18.3. The van der Waals surface area contributed by atoms with Gasteiger partial charge in [0, 0.05) is 50.5 Å². The lowest BCUT2D eigenvalue weighted by atomic mass is 9.90. The summed E-state index contributed by atoms with van der Waals surface area (Å²) in [6.45, 7) is 4.79. The Morgan fingerprint density at radius 3 is 2.02 bits per heavy atom. The molecule has 3 N–H and O–H groups in total. The van der Waals surface area contributed by atoms with Crippen LogP contribution in [-0.4, -0.2) is 90.6 Å². The number of hydrogen-bond donors (Lipinski definition) is 2. The maximum absolute atomic E-state index is 13.4. The highest BCUT2D eigenvalue weighted by atomic mass is 16.6. The number of aliphatic carboxylic acids is 1. The molecule has 3 aromatic rings. The first-order chi connectivity index (χ1) is 20.4. The zero-order valence-electron chi connectivity index (χ0n) is 23.3. The second kappa shape index (κ2) is 13.4. The van der Waals surface area contributed by atoms with Crippen LogP contribution in [0.4, 0.5) is 10.5 Å². The number of amides is 2. The number of amidine groups is 1. The van der Waals surface area contributed by atoms with E-state index in [0.29, 0.717) is 30.9 Å². The Labute approximate surface area is 245 Å². The SMILES string of the molecule is NC(=NC(=O)C(c1ccccc1)c1ccccc1)c1ccc(N2CC(CN3CCN(CCC(=O)O)CC3)OC2=O)cc1. The molecular weight excluding hydrogens is 534 g/mol. The third-order valence-electron chi connectivity index (χ3n) is 7.66. The second-order valence-corrected chi connectivity index (χ2v) is 10.5. The van der Waals surface area contributed by atoms with Crippen LogP contribution in [0.3, 0.4) is 0 Å². The van der Waals surface area contributed by atoms with Crippen LogP contribution in [0.2, 0.25) is 0 Å². The van der Waals surface area contributed by atoms with E-state index in [2.05, 4.69) is 14.8 Å². The van der Waals surface area contributed by atoms with E-state index in [9.17, 15) is 14.4 Å². The van der Waals surface area contributed by atoms with Crippen molar-refractivity contribution in [3.63, 3.8) is 0 Å². The topological polar surface area (TPSA) is 129 Å². The fourth-order valence-electron chi connectivity index (χ4n) is 5.39. The number of nitrogens with two attached hydrogens (primary N) is 1. The van der Waals surface area contributed by atoms with E-state index < -0.39 is 18.0 Å². The van der Waals surface area contributed by atoms with Crippen molar-refractivity contribution >= 4 is 29.5 Å². The van der Waals surface area contributed by atoms with Gasteiger partial charge in [0.25, 0.3) is 5.91 Å². The summed E-state index contributed by atoms with van der Waals surface area (Å²) in [5.74, 6) is -1.61. The van der Waals surface area contributed by atoms with Crippen LogP contribution < -0.4 is 10.6 Å². The monoisotopic (exact) mass is 569 g/mol. The van der Waals surface area contributed by atoms with Crippen LogP contribution >= 0.6 is 0 Å². The van der Waals surface area contributed by atoms with E-state index in [-0.39, 0.29) is 24.3 Å². The number of hydrogen-bond acceptors (Lipinski definition) is 6. The van der Waals surface area contributed by atoms with Gasteiger partial charge in [0.05, 0.1) is 18.9 Å². The van der Waals surface area contributed by atoms with Gasteiger partial charge in [-0.2, -0.15) is 4.99 Å². The van der Waals surface area contributed by atoms with Crippen molar-refractivity contribution in [1.82, 2.24) is 9.80 Å². The summed E-state index contributed by atoms with van der Waals surface area (Å²) >= 11 is 0. The van der Waals surface area contributed by atoms with Crippen molar-refractivity contribution < 1.29 is 24.2 Å². The Kier molecular flexibility index (Phi) is 9.25. The molecule has 2 heterocycles. The van der Waals surface area contributed by atoms with Gasteiger partial charge in [-0.1, -0.05) is 60.7 Å². The van der Waals surface area contributed by atoms with Crippen molar-refractivity contribution in [2.45, 2.75) is 18.4 Å². The van der Waals surface area contributed by atoms with Gasteiger partial charge in [0.1, 0.15) is 11.9 Å². The van der Waals surface area contributed by atoms with E-state index in [1.165, 1.54) is 0 Å². The minimum atomic E-state index is -0.786. The van der Waals surface area contributed by atoms with E-state index in [4.69, 9.17) is 15.6 Å². The van der Waals surface area contributed by atoms with Gasteiger partial charge in [0.15, 0.2) is 0 Å². The predicted molar refractivity (Wildman–Crippen MR) is 160 cm³/mol. The molecule has 10 nitrogen and oxygen atoms in total. The van der Waals surface area contributed by atoms with Gasteiger partial charge in [-0.15, -0.1) is 0 Å². The molecule has 0 aliphatic carbocycles. The van der Waals surface area contributed by atoms with Crippen LogP contribution in [0, 0.1) is 0 Å². The molecule has 3 aromatic carbocycles. The Balaban J connectivity index is 1.20. The number of carbonyl (C=O) groups excluding carboxylic acids is 2. The number of anilines is 1. The molecule has 0 bridgehead atoms. The molecule has 2 saturated heterocycles. The fraction of sp³-hybridized carbons (Fsp3) is 0.312. The molecule has 10 heteroatoms. The van der Waals surface area contributed by atoms with Gasteiger partial charge in [0.2, 0.25) is 0 Å². The molecule has 0 saturated carbocycles. The van der Waals surface area contributed by atoms with Gasteiger partial charge in [-0.3, -0.25) is 19.4 Å². The molecule has 218 valence electrons. The van der Waals surface area contributed by atoms with Crippen LogP contribution in [0.5, 0.6) is 0 Å². The molecule has 5 rings (SSSR count). The van der Waals surface area contributed by atoms with Gasteiger partial charge >= 0.3 is 12.1 Å². The number of carboxylic acid groups (broad SMARTS) is 1. The third kappa shape index (κ3) is 7.20. The Bertz CT molecular complexity index is 1370. The lowest BCUT2D eigenvalue weighted by Gasteiger charge is -2.35. The highest BCUT2D eigenvalue weighted by Crippen LogP contribution is 2.27. The zero-order valence-corrected chi connectivity index (χ0v) is 23.3. The number of nitrogens with zero attached hydrogens (tertiary/aromatic N) is 4. The van der Waals surface area contributed by atoms with E-state index >= 15 is 0 Å². The summed E-state index contributed by atoms with van der Waals surface area (Å²) in [5, 5.41) is 8.89. The number of benzene rings is 3. The predicted octanol–water partition coefficient (Wildman–Crippen LogP) is 3.17. The number of cyclic esters (lactones) is 1. The highest BCUT2D eigenvalue weighted by molar-refractivity contribution is 6.06. The highest BCUT2D eigenvalue weighted by Gasteiger charge is 2.34. The number of ether oxygens (including phenoxy) is 1. The maximum atomic E-state index is 13.4. The quantitative estimate of drug-likeness (QED) is 0.282. The largest absolute Gasteiger partial charge is 0.481 e. The molecule has 42 heavy (non-hydrogen) atoms. The number of carboxylic acids is 1. The van der Waals surface area contributed by atoms with Gasteiger partial charge < -0.3 is 20.5 Å². The summed E-state index contributed by atoms with van der Waals surface area (Å²) in [7, 11) is 0. The Morgan fingerprint density at radius 1 is 0.881 bits per heavy atom. The molecule has 2 aliphatic rings. The van der Waals surface area contributed by atoms with Crippen molar-refractivity contribution in [1.29, 1.82) is 0 Å². The lowest BCUT2D eigenvalue weighted by Crippen LogP contribution is -2.49. The van der Waals surface area contributed by atoms with Gasteiger partial charge in [-0.25, -0.2) is 4.79 Å². The van der Waals surface area contributed by atoms with Crippen molar-refractivity contribution in [2.75, 3.05) is 50.7 Å². The first kappa shape index (κ1) is 29.0.